The highest BCUT2D eigenvalue weighted by atomic mass is 32.1. The average molecular weight is 461 g/mol. The van der Waals surface area contributed by atoms with Crippen molar-refractivity contribution in [1.82, 2.24) is 0 Å². The molecule has 1 N–H and O–H groups in total. The summed E-state index contributed by atoms with van der Waals surface area (Å²) in [5.74, 6) is -1.20. The van der Waals surface area contributed by atoms with Crippen LogP contribution in [0.5, 0.6) is 0 Å². The van der Waals surface area contributed by atoms with Crippen LogP contribution in [0.3, 0.4) is 0 Å². The summed E-state index contributed by atoms with van der Waals surface area (Å²) in [5, 5.41) is 9.86. The zero-order valence-electron chi connectivity index (χ0n) is 17.8. The molecule has 0 aliphatic carbocycles. The predicted octanol–water partition coefficient (Wildman–Crippen LogP) is 3.27. The molecule has 0 amide bonds. The SMILES string of the molecule is CCCCO[C@H]1C(CO)O[C@@H](S)C(OC(=O)c2ccccc2)C1OC(=O)c1ccccc1. The van der Waals surface area contributed by atoms with Crippen LogP contribution in [0.4, 0.5) is 0 Å². The maximum atomic E-state index is 12.8. The summed E-state index contributed by atoms with van der Waals surface area (Å²) in [4.78, 5) is 25.6. The molecule has 2 aromatic rings. The van der Waals surface area contributed by atoms with Crippen molar-refractivity contribution in [1.29, 1.82) is 0 Å². The van der Waals surface area contributed by atoms with Gasteiger partial charge >= 0.3 is 11.9 Å². The Balaban J connectivity index is 1.87. The standard InChI is InChI=1S/C24H28O7S/c1-2-3-14-28-19-18(15-25)29-24(32)21(31-23(27)17-12-8-5-9-13-17)20(19)30-22(26)16-10-6-4-7-11-16/h4-13,18-21,24-25,32H,2-3,14-15H2,1H3/t18?,19-,20?,21?,24-/m0/s1. The third-order valence-corrected chi connectivity index (χ3v) is 5.52. The van der Waals surface area contributed by atoms with E-state index in [9.17, 15) is 14.7 Å². The Morgan fingerprint density at radius 1 is 0.906 bits per heavy atom. The quantitative estimate of drug-likeness (QED) is 0.337. The van der Waals surface area contributed by atoms with Crippen molar-refractivity contribution in [2.24, 2.45) is 0 Å². The lowest BCUT2D eigenvalue weighted by molar-refractivity contribution is -0.220. The van der Waals surface area contributed by atoms with Crippen molar-refractivity contribution >= 4 is 24.6 Å². The van der Waals surface area contributed by atoms with Crippen LogP contribution in [0.25, 0.3) is 0 Å². The van der Waals surface area contributed by atoms with Gasteiger partial charge in [-0.05, 0) is 30.7 Å². The number of benzene rings is 2. The van der Waals surface area contributed by atoms with E-state index in [1.54, 1.807) is 60.7 Å². The summed E-state index contributed by atoms with van der Waals surface area (Å²) in [6.07, 6.45) is -2.04. The molecule has 1 fully saturated rings. The van der Waals surface area contributed by atoms with E-state index in [1.807, 2.05) is 6.92 Å². The number of unbranched alkanes of at least 4 members (excludes halogenated alkanes) is 1. The van der Waals surface area contributed by atoms with Crippen LogP contribution >= 0.6 is 12.6 Å². The molecule has 1 aliphatic heterocycles. The summed E-state index contributed by atoms with van der Waals surface area (Å²) in [6, 6.07) is 17.0. The smallest absolute Gasteiger partial charge is 0.338 e. The fourth-order valence-electron chi connectivity index (χ4n) is 3.40. The minimum absolute atomic E-state index is 0.342. The zero-order valence-corrected chi connectivity index (χ0v) is 18.7. The summed E-state index contributed by atoms with van der Waals surface area (Å²) < 4.78 is 23.2. The first-order valence-corrected chi connectivity index (χ1v) is 11.1. The molecule has 0 saturated carbocycles. The van der Waals surface area contributed by atoms with Gasteiger partial charge in [0.25, 0.3) is 0 Å². The van der Waals surface area contributed by atoms with Crippen molar-refractivity contribution in [3.8, 4) is 0 Å². The summed E-state index contributed by atoms with van der Waals surface area (Å²) in [7, 11) is 0. The molecule has 1 heterocycles. The first-order valence-electron chi connectivity index (χ1n) is 10.6. The van der Waals surface area contributed by atoms with E-state index < -0.39 is 41.8 Å². The summed E-state index contributed by atoms with van der Waals surface area (Å²) in [6.45, 7) is 2.02. The van der Waals surface area contributed by atoms with Crippen LogP contribution in [-0.4, -0.2) is 60.1 Å². The van der Waals surface area contributed by atoms with Crippen molar-refractivity contribution in [3.63, 3.8) is 0 Å². The van der Waals surface area contributed by atoms with Gasteiger partial charge in [0.15, 0.2) is 12.2 Å². The number of carbonyl (C=O) groups excluding carboxylic acids is 2. The van der Waals surface area contributed by atoms with Gasteiger partial charge in [-0.1, -0.05) is 49.7 Å². The van der Waals surface area contributed by atoms with Crippen LogP contribution in [0.1, 0.15) is 40.5 Å². The Morgan fingerprint density at radius 3 is 1.94 bits per heavy atom. The Labute approximate surface area is 193 Å². The highest BCUT2D eigenvalue weighted by molar-refractivity contribution is 7.80. The summed E-state index contributed by atoms with van der Waals surface area (Å²) >= 11 is 4.42. The van der Waals surface area contributed by atoms with E-state index in [4.69, 9.17) is 18.9 Å². The molecule has 0 radical (unpaired) electrons. The van der Waals surface area contributed by atoms with Crippen molar-refractivity contribution in [2.75, 3.05) is 13.2 Å². The number of rotatable bonds is 9. The number of carbonyl (C=O) groups is 2. The monoisotopic (exact) mass is 460 g/mol. The minimum atomic E-state index is -1.05. The van der Waals surface area contributed by atoms with Crippen molar-refractivity contribution in [3.05, 3.63) is 71.8 Å². The van der Waals surface area contributed by atoms with Gasteiger partial charge in [0, 0.05) is 6.61 Å². The molecule has 3 rings (SSSR count). The largest absolute Gasteiger partial charge is 0.452 e. The fourth-order valence-corrected chi connectivity index (χ4v) is 3.79. The second kappa shape index (κ2) is 12.0. The Morgan fingerprint density at radius 2 is 1.44 bits per heavy atom. The van der Waals surface area contributed by atoms with E-state index in [-0.39, 0.29) is 6.61 Å². The Hall–Kier alpha value is -2.39. The first kappa shape index (κ1) is 24.3. The molecule has 2 aromatic carbocycles. The first-order chi connectivity index (χ1) is 15.5. The number of hydrogen-bond acceptors (Lipinski definition) is 8. The number of ether oxygens (including phenoxy) is 4. The van der Waals surface area contributed by atoms with E-state index in [2.05, 4.69) is 12.6 Å². The highest BCUT2D eigenvalue weighted by Crippen LogP contribution is 2.31. The number of esters is 2. The average Bonchev–Trinajstić information content (AvgIpc) is 2.83. The molecule has 1 aliphatic rings. The van der Waals surface area contributed by atoms with Gasteiger partial charge in [-0.2, -0.15) is 0 Å². The van der Waals surface area contributed by atoms with Crippen LogP contribution in [0, 0.1) is 0 Å². The van der Waals surface area contributed by atoms with Gasteiger partial charge in [-0.25, -0.2) is 9.59 Å². The van der Waals surface area contributed by atoms with Crippen LogP contribution in [0.2, 0.25) is 0 Å². The van der Waals surface area contributed by atoms with Crippen LogP contribution in [-0.2, 0) is 18.9 Å². The molecular weight excluding hydrogens is 432 g/mol. The zero-order chi connectivity index (χ0) is 22.9. The Kier molecular flexibility index (Phi) is 9.11. The molecule has 0 spiro atoms. The number of hydrogen-bond donors (Lipinski definition) is 2. The van der Waals surface area contributed by atoms with Gasteiger partial charge in [-0.15, -0.1) is 12.6 Å². The van der Waals surface area contributed by atoms with E-state index in [0.29, 0.717) is 17.7 Å². The van der Waals surface area contributed by atoms with Crippen LogP contribution < -0.4 is 0 Å². The maximum absolute atomic E-state index is 12.8. The molecule has 3 unspecified atom stereocenters. The van der Waals surface area contributed by atoms with Crippen molar-refractivity contribution < 1.29 is 33.6 Å². The topological polar surface area (TPSA) is 91.3 Å². The molecule has 0 aromatic heterocycles. The number of aliphatic hydroxyl groups excluding tert-OH is 1. The molecule has 0 bridgehead atoms. The van der Waals surface area contributed by atoms with E-state index >= 15 is 0 Å². The molecule has 32 heavy (non-hydrogen) atoms. The normalized spacial score (nSPS) is 25.2. The van der Waals surface area contributed by atoms with Crippen LogP contribution in [0.15, 0.2) is 60.7 Å². The highest BCUT2D eigenvalue weighted by Gasteiger charge is 2.50. The fraction of sp³-hybridized carbons (Fsp3) is 0.417. The number of aliphatic hydroxyl groups is 1. The molecule has 7 nitrogen and oxygen atoms in total. The number of thiol groups is 1. The lowest BCUT2D eigenvalue weighted by Crippen LogP contribution is -2.60. The molecule has 8 heteroatoms. The van der Waals surface area contributed by atoms with Gasteiger partial charge in [0.2, 0.25) is 0 Å². The second-order valence-electron chi connectivity index (χ2n) is 7.41. The van der Waals surface area contributed by atoms with E-state index in [0.717, 1.165) is 12.8 Å². The molecule has 1 saturated heterocycles. The van der Waals surface area contributed by atoms with Gasteiger partial charge in [0.05, 0.1) is 17.7 Å². The molecule has 172 valence electrons. The minimum Gasteiger partial charge on any atom is -0.452 e. The third kappa shape index (κ3) is 6.10. The summed E-state index contributed by atoms with van der Waals surface area (Å²) in [5.41, 5.74) is -0.246. The van der Waals surface area contributed by atoms with Gasteiger partial charge < -0.3 is 24.1 Å². The molecular formula is C24H28O7S. The molecule has 5 atom stereocenters. The maximum Gasteiger partial charge on any atom is 0.338 e. The third-order valence-electron chi connectivity index (χ3n) is 5.10. The van der Waals surface area contributed by atoms with E-state index in [1.165, 1.54) is 0 Å². The van der Waals surface area contributed by atoms with Crippen molar-refractivity contribution in [2.45, 2.75) is 49.6 Å². The lowest BCUT2D eigenvalue weighted by Gasteiger charge is -2.43. The second-order valence-corrected chi connectivity index (χ2v) is 7.92. The van der Waals surface area contributed by atoms with Gasteiger partial charge in [-0.3, -0.25) is 0 Å². The Bertz CT molecular complexity index is 861. The van der Waals surface area contributed by atoms with Gasteiger partial charge in [0.1, 0.15) is 17.6 Å². The predicted molar refractivity (Wildman–Crippen MR) is 121 cm³/mol. The lowest BCUT2D eigenvalue weighted by atomic mass is 9.99.